The lowest BCUT2D eigenvalue weighted by molar-refractivity contribution is -0.0300. The second-order valence-corrected chi connectivity index (χ2v) is 13.2. The Bertz CT molecular complexity index is 1340. The summed E-state index contributed by atoms with van der Waals surface area (Å²) >= 11 is 0. The van der Waals surface area contributed by atoms with Crippen molar-refractivity contribution in [2.24, 2.45) is 5.41 Å². The van der Waals surface area contributed by atoms with Gasteiger partial charge in [-0.3, -0.25) is 0 Å². The number of benzene rings is 1. The number of carbonyl (C=O) groups is 1. The molecule has 0 saturated carbocycles. The molecule has 0 amide bonds. The van der Waals surface area contributed by atoms with Crippen LogP contribution in [0.15, 0.2) is 30.7 Å². The van der Waals surface area contributed by atoms with Crippen LogP contribution >= 0.6 is 0 Å². The molecule has 3 saturated heterocycles. The number of piperidine rings is 1. The number of hydrogen-bond donors (Lipinski definition) is 1. The third kappa shape index (κ3) is 6.78. The second kappa shape index (κ2) is 12.1. The van der Waals surface area contributed by atoms with Crippen LogP contribution in [0.2, 0.25) is 0 Å². The third-order valence-electron chi connectivity index (χ3n) is 8.12. The van der Waals surface area contributed by atoms with E-state index in [-0.39, 0.29) is 28.9 Å². The molecule has 0 aliphatic carbocycles. The topological polar surface area (TPSA) is 126 Å². The summed E-state index contributed by atoms with van der Waals surface area (Å²) in [7, 11) is 0.789. The third-order valence-corrected chi connectivity index (χ3v) is 9.72. The first kappa shape index (κ1) is 29.6. The molecule has 1 N–H and O–H groups in total. The normalized spacial score (nSPS) is 22.9. The summed E-state index contributed by atoms with van der Waals surface area (Å²) in [4.78, 5) is 25.3. The van der Waals surface area contributed by atoms with Gasteiger partial charge >= 0.3 is 5.97 Å². The van der Waals surface area contributed by atoms with Crippen molar-refractivity contribution in [1.29, 1.82) is 0 Å². The van der Waals surface area contributed by atoms with Crippen molar-refractivity contribution in [3.05, 3.63) is 42.1 Å². The van der Waals surface area contributed by atoms with Crippen LogP contribution in [-0.4, -0.2) is 106 Å². The van der Waals surface area contributed by atoms with E-state index in [0.29, 0.717) is 18.2 Å². The molecule has 3 fully saturated rings. The van der Waals surface area contributed by atoms with E-state index < -0.39 is 22.0 Å². The van der Waals surface area contributed by atoms with Gasteiger partial charge in [-0.2, -0.15) is 17.4 Å². The van der Waals surface area contributed by atoms with E-state index in [4.69, 9.17) is 14.2 Å². The van der Waals surface area contributed by atoms with Gasteiger partial charge in [0.05, 0.1) is 26.0 Å². The number of anilines is 1. The molecule has 1 aromatic carbocycles. The zero-order valence-electron chi connectivity index (χ0n) is 23.6. The second-order valence-electron chi connectivity index (χ2n) is 11.2. The number of methoxy groups -OCH3 is 1. The van der Waals surface area contributed by atoms with Crippen LogP contribution in [0.3, 0.4) is 0 Å². The van der Waals surface area contributed by atoms with Crippen LogP contribution in [0.1, 0.15) is 36.0 Å². The molecule has 0 radical (unpaired) electrons. The number of hydrogen-bond acceptors (Lipinski definition) is 10. The van der Waals surface area contributed by atoms with Crippen LogP contribution in [-0.2, 0) is 19.7 Å². The molecule has 224 valence electrons. The molecule has 3 aliphatic rings. The van der Waals surface area contributed by atoms with Gasteiger partial charge in [0.15, 0.2) is 11.6 Å². The number of rotatable bonds is 9. The number of halogens is 1. The monoisotopic (exact) mass is 592 g/mol. The van der Waals surface area contributed by atoms with Crippen molar-refractivity contribution in [3.8, 4) is 11.5 Å². The van der Waals surface area contributed by atoms with Gasteiger partial charge < -0.3 is 24.0 Å². The fourth-order valence-electron chi connectivity index (χ4n) is 5.69. The molecule has 41 heavy (non-hydrogen) atoms. The van der Waals surface area contributed by atoms with Gasteiger partial charge in [0.2, 0.25) is 0 Å². The molecule has 3 aliphatic heterocycles. The number of likely N-dealkylation sites (tertiary alicyclic amines) is 1. The fourth-order valence-corrected chi connectivity index (χ4v) is 6.50. The van der Waals surface area contributed by atoms with Crippen LogP contribution in [0, 0.1) is 11.2 Å². The largest absolute Gasteiger partial charge is 0.465 e. The van der Waals surface area contributed by atoms with Crippen molar-refractivity contribution < 1.29 is 31.8 Å². The number of ether oxygens (including phenoxy) is 3. The maximum absolute atomic E-state index is 13.8. The average Bonchev–Trinajstić information content (AvgIpc) is 2.94. The molecule has 14 heteroatoms. The fraction of sp³-hybridized carbons (Fsp3) is 0.593. The Labute approximate surface area is 240 Å². The summed E-state index contributed by atoms with van der Waals surface area (Å²) in [5, 5.41) is 0. The molecule has 0 unspecified atom stereocenters. The Morgan fingerprint density at radius 2 is 1.98 bits per heavy atom. The molecule has 4 heterocycles. The predicted molar refractivity (Wildman–Crippen MR) is 149 cm³/mol. The molecular formula is C27H37FN6O6S. The number of nitrogens with zero attached hydrogens (tertiary/aromatic N) is 5. The Balaban J connectivity index is 1.12. The molecule has 0 bridgehead atoms. The van der Waals surface area contributed by atoms with Gasteiger partial charge in [-0.05, 0) is 57.0 Å². The Morgan fingerprint density at radius 1 is 1.22 bits per heavy atom. The number of esters is 1. The minimum Gasteiger partial charge on any atom is -0.465 e. The summed E-state index contributed by atoms with van der Waals surface area (Å²) in [6.45, 7) is 4.82. The quantitative estimate of drug-likeness (QED) is 0.433. The number of nitrogens with one attached hydrogen (secondary N) is 1. The highest BCUT2D eigenvalue weighted by molar-refractivity contribution is 7.87. The van der Waals surface area contributed by atoms with Crippen molar-refractivity contribution in [3.63, 3.8) is 0 Å². The predicted octanol–water partition coefficient (Wildman–Crippen LogP) is 2.04. The first-order chi connectivity index (χ1) is 19.6. The van der Waals surface area contributed by atoms with Crippen molar-refractivity contribution in [2.75, 3.05) is 65.4 Å². The molecule has 2 atom stereocenters. The van der Waals surface area contributed by atoms with Crippen LogP contribution < -0.4 is 14.4 Å². The van der Waals surface area contributed by atoms with E-state index in [1.54, 1.807) is 6.20 Å². The smallest absolute Gasteiger partial charge is 0.341 e. The minimum atomic E-state index is -3.46. The van der Waals surface area contributed by atoms with E-state index in [1.165, 1.54) is 44.0 Å². The van der Waals surface area contributed by atoms with E-state index in [0.717, 1.165) is 64.5 Å². The lowest BCUT2D eigenvalue weighted by atomic mass is 9.72. The molecular weight excluding hydrogens is 555 g/mol. The first-order valence-corrected chi connectivity index (χ1v) is 15.2. The van der Waals surface area contributed by atoms with E-state index in [9.17, 15) is 17.6 Å². The van der Waals surface area contributed by atoms with Crippen LogP contribution in [0.4, 0.5) is 10.2 Å². The highest BCUT2D eigenvalue weighted by atomic mass is 32.2. The Hall–Kier alpha value is -2.91. The van der Waals surface area contributed by atoms with Gasteiger partial charge in [-0.25, -0.2) is 19.2 Å². The van der Waals surface area contributed by atoms with Gasteiger partial charge in [-0.1, -0.05) is 0 Å². The maximum Gasteiger partial charge on any atom is 0.341 e. The number of aromatic nitrogens is 2. The van der Waals surface area contributed by atoms with Crippen LogP contribution in [0.25, 0.3) is 0 Å². The standard InChI is InChI=1S/C27H37FN6O6S/c1-32(2)41(36,37)31-20-5-6-21(39-15-20)14-33-10-8-27(9-11-33)16-34(17-27)25-24(13-29-18-30-25)40-23-7-4-19(28)12-22(23)26(35)38-3/h4,7,12-13,18,20-21,31H,5-6,8-11,14-17H2,1-3H3/t20-,21+/m1/s1. The van der Waals surface area contributed by atoms with Gasteiger partial charge in [-0.15, -0.1) is 0 Å². The van der Waals surface area contributed by atoms with Crippen molar-refractivity contribution in [1.82, 2.24) is 23.9 Å². The van der Waals surface area contributed by atoms with Crippen molar-refractivity contribution in [2.45, 2.75) is 37.8 Å². The van der Waals surface area contributed by atoms with E-state index in [2.05, 4.69) is 24.5 Å². The van der Waals surface area contributed by atoms with Gasteiger partial charge in [0.25, 0.3) is 10.2 Å². The average molecular weight is 593 g/mol. The van der Waals surface area contributed by atoms with Crippen LogP contribution in [0.5, 0.6) is 11.5 Å². The van der Waals surface area contributed by atoms with E-state index >= 15 is 0 Å². The molecule has 5 rings (SSSR count). The van der Waals surface area contributed by atoms with E-state index in [1.807, 2.05) is 0 Å². The highest BCUT2D eigenvalue weighted by Crippen LogP contribution is 2.45. The van der Waals surface area contributed by atoms with Gasteiger partial charge in [0.1, 0.15) is 23.5 Å². The maximum atomic E-state index is 13.8. The number of carbonyl (C=O) groups excluding carboxylic acids is 1. The Kier molecular flexibility index (Phi) is 8.76. The summed E-state index contributed by atoms with van der Waals surface area (Å²) < 4.78 is 58.6. The molecule has 1 spiro atoms. The zero-order chi connectivity index (χ0) is 29.2. The first-order valence-electron chi connectivity index (χ1n) is 13.7. The SMILES string of the molecule is COC(=O)c1cc(F)ccc1Oc1cncnc1N1CC2(CCN(C[C@@H]3CC[C@@H](NS(=O)(=O)N(C)C)CO3)CC2)C1. The summed E-state index contributed by atoms with van der Waals surface area (Å²) in [5.74, 6) is -0.0745. The van der Waals surface area contributed by atoms with Gasteiger partial charge in [0, 0.05) is 45.2 Å². The summed E-state index contributed by atoms with van der Waals surface area (Å²) in [5.41, 5.74) is 0.177. The summed E-state index contributed by atoms with van der Waals surface area (Å²) in [6.07, 6.45) is 6.78. The lowest BCUT2D eigenvalue weighted by Crippen LogP contribution is -2.61. The summed E-state index contributed by atoms with van der Waals surface area (Å²) in [6, 6.07) is 3.50. The zero-order valence-corrected chi connectivity index (χ0v) is 24.4. The minimum absolute atomic E-state index is 0.0120. The molecule has 1 aromatic heterocycles. The Morgan fingerprint density at radius 3 is 2.63 bits per heavy atom. The molecule has 2 aromatic rings. The molecule has 12 nitrogen and oxygen atoms in total. The lowest BCUT2D eigenvalue weighted by Gasteiger charge is -2.54. The highest BCUT2D eigenvalue weighted by Gasteiger charge is 2.46. The van der Waals surface area contributed by atoms with Crippen molar-refractivity contribution >= 4 is 22.0 Å².